The zero-order valence-corrected chi connectivity index (χ0v) is 8.71. The molecule has 0 saturated heterocycles. The summed E-state index contributed by atoms with van der Waals surface area (Å²) in [5.74, 6) is 0. The van der Waals surface area contributed by atoms with Crippen molar-refractivity contribution in [2.24, 2.45) is 0 Å². The van der Waals surface area contributed by atoms with E-state index in [-0.39, 0.29) is 0 Å². The van der Waals surface area contributed by atoms with Gasteiger partial charge in [0.25, 0.3) is 0 Å². The molecule has 15 heavy (non-hydrogen) atoms. The zero-order valence-electron chi connectivity index (χ0n) is 7.90. The number of nitrogens with zero attached hydrogens (tertiary/aromatic N) is 1. The Hall–Kier alpha value is -1.81. The molecule has 3 N–H and O–H groups in total. The summed E-state index contributed by atoms with van der Waals surface area (Å²) >= 11 is 1.47. The molecule has 0 radical (unpaired) electrons. The molecule has 0 fully saturated rings. The lowest BCUT2D eigenvalue weighted by Gasteiger charge is -1.98. The van der Waals surface area contributed by atoms with E-state index in [0.29, 0.717) is 5.13 Å². The molecule has 0 unspecified atom stereocenters. The number of H-pyrrole nitrogens is 1. The Morgan fingerprint density at radius 3 is 3.00 bits per heavy atom. The quantitative estimate of drug-likeness (QED) is 0.655. The molecule has 0 atom stereocenters. The molecule has 2 aromatic heterocycles. The third-order valence-corrected chi connectivity index (χ3v) is 3.07. The highest BCUT2D eigenvalue weighted by Gasteiger charge is 2.06. The molecule has 74 valence electrons. The van der Waals surface area contributed by atoms with E-state index in [0.717, 1.165) is 16.8 Å². The first-order valence-corrected chi connectivity index (χ1v) is 5.50. The number of hydrogen-bond donors (Lipinski definition) is 2. The lowest BCUT2D eigenvalue weighted by Crippen LogP contribution is -1.83. The molecule has 0 amide bonds. The molecule has 3 aromatic rings. The van der Waals surface area contributed by atoms with Crippen LogP contribution in [0, 0.1) is 0 Å². The Morgan fingerprint density at radius 2 is 2.20 bits per heavy atom. The topological polar surface area (TPSA) is 54.7 Å². The van der Waals surface area contributed by atoms with Crippen LogP contribution in [0.5, 0.6) is 0 Å². The van der Waals surface area contributed by atoms with E-state index in [1.807, 2.05) is 17.6 Å². The second-order valence-corrected chi connectivity index (χ2v) is 4.21. The highest BCUT2D eigenvalue weighted by molar-refractivity contribution is 7.13. The Bertz CT molecular complexity index is 609. The Kier molecular flexibility index (Phi) is 1.76. The molecule has 1 aromatic carbocycles. The van der Waals surface area contributed by atoms with Crippen LogP contribution >= 0.6 is 11.3 Å². The van der Waals surface area contributed by atoms with Crippen LogP contribution in [0.3, 0.4) is 0 Å². The average Bonchev–Trinajstić information content (AvgIpc) is 2.84. The van der Waals surface area contributed by atoms with Gasteiger partial charge in [0.2, 0.25) is 0 Å². The number of aromatic nitrogens is 2. The Balaban J connectivity index is 2.30. The van der Waals surface area contributed by atoms with Crippen molar-refractivity contribution < 1.29 is 0 Å². The van der Waals surface area contributed by atoms with Crippen LogP contribution in [0.1, 0.15) is 0 Å². The summed E-state index contributed by atoms with van der Waals surface area (Å²) in [6, 6.07) is 8.18. The van der Waals surface area contributed by atoms with E-state index in [9.17, 15) is 0 Å². The van der Waals surface area contributed by atoms with E-state index in [4.69, 9.17) is 5.73 Å². The van der Waals surface area contributed by atoms with Crippen LogP contribution in [0.4, 0.5) is 5.13 Å². The first kappa shape index (κ1) is 8.49. The standard InChI is InChI=1S/C11H9N3S/c12-11-14-10(6-15-11)7-2-1-3-9-8(7)4-5-13-9/h1-6,13H,(H2,12,14). The lowest BCUT2D eigenvalue weighted by atomic mass is 10.1. The minimum absolute atomic E-state index is 0.609. The van der Waals surface area contributed by atoms with Crippen molar-refractivity contribution in [1.82, 2.24) is 9.97 Å². The fraction of sp³-hybridized carbons (Fsp3) is 0. The third kappa shape index (κ3) is 1.30. The number of fused-ring (bicyclic) bond motifs is 1. The fourth-order valence-corrected chi connectivity index (χ4v) is 2.28. The monoisotopic (exact) mass is 215 g/mol. The van der Waals surface area contributed by atoms with Crippen LogP contribution in [-0.2, 0) is 0 Å². The van der Waals surface area contributed by atoms with Crippen LogP contribution in [-0.4, -0.2) is 9.97 Å². The van der Waals surface area contributed by atoms with Gasteiger partial charge in [0, 0.05) is 28.0 Å². The predicted molar refractivity (Wildman–Crippen MR) is 63.8 cm³/mol. The van der Waals surface area contributed by atoms with Gasteiger partial charge in [0.15, 0.2) is 5.13 Å². The maximum Gasteiger partial charge on any atom is 0.180 e. The first-order chi connectivity index (χ1) is 7.34. The van der Waals surface area contributed by atoms with Gasteiger partial charge < -0.3 is 10.7 Å². The highest BCUT2D eigenvalue weighted by Crippen LogP contribution is 2.29. The minimum atomic E-state index is 0.609. The number of nitrogens with one attached hydrogen (secondary N) is 1. The van der Waals surface area contributed by atoms with Crippen LogP contribution < -0.4 is 5.73 Å². The zero-order chi connectivity index (χ0) is 10.3. The highest BCUT2D eigenvalue weighted by atomic mass is 32.1. The Labute approximate surface area is 90.6 Å². The molecular formula is C11H9N3S. The normalized spacial score (nSPS) is 10.9. The van der Waals surface area contributed by atoms with Crippen molar-refractivity contribution >= 4 is 27.4 Å². The molecule has 0 saturated carbocycles. The van der Waals surface area contributed by atoms with Gasteiger partial charge in [-0.25, -0.2) is 4.98 Å². The number of thiazole rings is 1. The Morgan fingerprint density at radius 1 is 1.27 bits per heavy atom. The van der Waals surface area contributed by atoms with Crippen molar-refractivity contribution in [3.8, 4) is 11.3 Å². The van der Waals surface area contributed by atoms with Crippen molar-refractivity contribution in [3.05, 3.63) is 35.8 Å². The summed E-state index contributed by atoms with van der Waals surface area (Å²) in [4.78, 5) is 7.47. The number of aromatic amines is 1. The summed E-state index contributed by atoms with van der Waals surface area (Å²) in [6.45, 7) is 0. The minimum Gasteiger partial charge on any atom is -0.375 e. The van der Waals surface area contributed by atoms with Gasteiger partial charge in [0.05, 0.1) is 5.69 Å². The van der Waals surface area contributed by atoms with E-state index in [1.165, 1.54) is 16.7 Å². The molecule has 0 aliphatic heterocycles. The third-order valence-electron chi connectivity index (χ3n) is 2.39. The molecular weight excluding hydrogens is 206 g/mol. The number of nitrogen functional groups attached to an aromatic ring is 1. The number of nitrogens with two attached hydrogens (primary N) is 1. The molecule has 3 rings (SSSR count). The van der Waals surface area contributed by atoms with Crippen molar-refractivity contribution in [1.29, 1.82) is 0 Å². The molecule has 0 aliphatic carbocycles. The molecule has 0 bridgehead atoms. The van der Waals surface area contributed by atoms with E-state index < -0.39 is 0 Å². The number of hydrogen-bond acceptors (Lipinski definition) is 3. The summed E-state index contributed by atoms with van der Waals surface area (Å²) in [6.07, 6.45) is 1.93. The van der Waals surface area contributed by atoms with Gasteiger partial charge in [0.1, 0.15) is 0 Å². The van der Waals surface area contributed by atoms with E-state index in [2.05, 4.69) is 28.2 Å². The van der Waals surface area contributed by atoms with Crippen LogP contribution in [0.2, 0.25) is 0 Å². The van der Waals surface area contributed by atoms with Crippen molar-refractivity contribution in [3.63, 3.8) is 0 Å². The molecule has 4 heteroatoms. The van der Waals surface area contributed by atoms with Gasteiger partial charge in [-0.1, -0.05) is 12.1 Å². The van der Waals surface area contributed by atoms with Crippen molar-refractivity contribution in [2.45, 2.75) is 0 Å². The van der Waals surface area contributed by atoms with Gasteiger partial charge in [-0.3, -0.25) is 0 Å². The summed E-state index contributed by atoms with van der Waals surface area (Å²) in [5, 5.41) is 3.78. The van der Waals surface area contributed by atoms with Crippen LogP contribution in [0.25, 0.3) is 22.2 Å². The summed E-state index contributed by atoms with van der Waals surface area (Å²) < 4.78 is 0. The number of rotatable bonds is 1. The van der Waals surface area contributed by atoms with Crippen molar-refractivity contribution in [2.75, 3.05) is 5.73 Å². The smallest absolute Gasteiger partial charge is 0.180 e. The predicted octanol–water partition coefficient (Wildman–Crippen LogP) is 2.87. The van der Waals surface area contributed by atoms with Gasteiger partial charge in [-0.15, -0.1) is 11.3 Å². The summed E-state index contributed by atoms with van der Waals surface area (Å²) in [7, 11) is 0. The number of benzene rings is 1. The first-order valence-electron chi connectivity index (χ1n) is 4.62. The SMILES string of the molecule is Nc1nc(-c2cccc3[nH]ccc23)cs1. The summed E-state index contributed by atoms with van der Waals surface area (Å²) in [5.41, 5.74) is 8.83. The maximum atomic E-state index is 5.63. The van der Waals surface area contributed by atoms with Gasteiger partial charge in [-0.05, 0) is 12.1 Å². The van der Waals surface area contributed by atoms with Gasteiger partial charge in [-0.2, -0.15) is 0 Å². The van der Waals surface area contributed by atoms with E-state index >= 15 is 0 Å². The fourth-order valence-electron chi connectivity index (χ4n) is 1.72. The molecule has 3 nitrogen and oxygen atoms in total. The second-order valence-electron chi connectivity index (χ2n) is 3.32. The van der Waals surface area contributed by atoms with Crippen LogP contribution in [0.15, 0.2) is 35.8 Å². The lowest BCUT2D eigenvalue weighted by molar-refractivity contribution is 1.42. The second kappa shape index (κ2) is 3.10. The largest absolute Gasteiger partial charge is 0.375 e. The average molecular weight is 215 g/mol. The maximum absolute atomic E-state index is 5.63. The molecule has 0 aliphatic rings. The number of anilines is 1. The molecule has 2 heterocycles. The van der Waals surface area contributed by atoms with Gasteiger partial charge >= 0.3 is 0 Å². The molecule has 0 spiro atoms. The van der Waals surface area contributed by atoms with E-state index in [1.54, 1.807) is 0 Å².